The maximum absolute atomic E-state index is 12.5. The minimum atomic E-state index is -0.175. The summed E-state index contributed by atoms with van der Waals surface area (Å²) in [5, 5.41) is 5.06. The molecule has 0 bridgehead atoms. The Bertz CT molecular complexity index is 845. The summed E-state index contributed by atoms with van der Waals surface area (Å²) >= 11 is 0. The number of nitrogens with zero attached hydrogens (tertiary/aromatic N) is 2. The molecule has 116 valence electrons. The molecule has 0 fully saturated rings. The van der Waals surface area contributed by atoms with Gasteiger partial charge in [-0.2, -0.15) is 0 Å². The first-order chi connectivity index (χ1) is 11.2. The number of aromatic nitrogens is 2. The number of rotatable bonds is 4. The summed E-state index contributed by atoms with van der Waals surface area (Å²) in [7, 11) is 0. The van der Waals surface area contributed by atoms with Crippen molar-refractivity contribution in [2.24, 2.45) is 0 Å². The van der Waals surface area contributed by atoms with Crippen LogP contribution in [0.5, 0.6) is 0 Å². The van der Waals surface area contributed by atoms with Crippen LogP contribution in [0.15, 0.2) is 54.9 Å². The molecular weight excluding hydrogens is 286 g/mol. The van der Waals surface area contributed by atoms with Crippen molar-refractivity contribution in [2.45, 2.75) is 26.3 Å². The molecule has 3 rings (SSSR count). The number of carbonyl (C=O) groups excluding carboxylic acids is 1. The first kappa shape index (κ1) is 15.2. The van der Waals surface area contributed by atoms with E-state index in [1.165, 1.54) is 0 Å². The van der Waals surface area contributed by atoms with Crippen molar-refractivity contribution in [3.8, 4) is 0 Å². The monoisotopic (exact) mass is 305 g/mol. The highest BCUT2D eigenvalue weighted by molar-refractivity contribution is 5.96. The fourth-order valence-corrected chi connectivity index (χ4v) is 2.58. The Morgan fingerprint density at radius 1 is 1.13 bits per heavy atom. The van der Waals surface area contributed by atoms with Crippen LogP contribution >= 0.6 is 0 Å². The molecule has 3 aromatic rings. The predicted molar refractivity (Wildman–Crippen MR) is 91.2 cm³/mol. The molecule has 0 aliphatic rings. The number of hydrogen-bond acceptors (Lipinski definition) is 3. The molecule has 1 amide bonds. The van der Waals surface area contributed by atoms with Gasteiger partial charge in [-0.15, -0.1) is 0 Å². The molecular formula is C19H19N3O. The molecule has 1 aromatic carbocycles. The average molecular weight is 305 g/mol. The van der Waals surface area contributed by atoms with Crippen LogP contribution in [-0.2, 0) is 0 Å². The van der Waals surface area contributed by atoms with Gasteiger partial charge in [0.2, 0.25) is 0 Å². The Labute approximate surface area is 135 Å². The minimum Gasteiger partial charge on any atom is -0.342 e. The van der Waals surface area contributed by atoms with Crippen molar-refractivity contribution in [1.82, 2.24) is 15.3 Å². The number of nitrogens with one attached hydrogen (secondary N) is 1. The number of pyridine rings is 2. The van der Waals surface area contributed by atoms with Crippen LogP contribution in [0.1, 0.15) is 41.1 Å². The molecule has 0 aliphatic carbocycles. The minimum absolute atomic E-state index is 0.115. The Morgan fingerprint density at radius 3 is 2.65 bits per heavy atom. The molecule has 0 radical (unpaired) electrons. The first-order valence-corrected chi connectivity index (χ1v) is 7.75. The summed E-state index contributed by atoms with van der Waals surface area (Å²) in [5.74, 6) is -0.175. The van der Waals surface area contributed by atoms with Crippen molar-refractivity contribution in [2.75, 3.05) is 0 Å². The van der Waals surface area contributed by atoms with Gasteiger partial charge in [-0.1, -0.05) is 31.2 Å². The standard InChI is InChI=1S/C19H19N3O/c1-3-16(17-10-13(2)8-9-20-17)22-19(23)18-11-14-6-4-5-7-15(14)12-21-18/h4-12,16H,3H2,1-2H3,(H,22,23)/t16-/m0/s1. The number of hydrogen-bond donors (Lipinski definition) is 1. The summed E-state index contributed by atoms with van der Waals surface area (Å²) in [6.07, 6.45) is 4.28. The van der Waals surface area contributed by atoms with Crippen molar-refractivity contribution >= 4 is 16.7 Å². The topological polar surface area (TPSA) is 54.9 Å². The van der Waals surface area contributed by atoms with Crippen molar-refractivity contribution in [3.63, 3.8) is 0 Å². The molecule has 0 aliphatic heterocycles. The van der Waals surface area contributed by atoms with E-state index in [0.29, 0.717) is 5.69 Å². The number of aryl methyl sites for hydroxylation is 1. The van der Waals surface area contributed by atoms with Gasteiger partial charge in [-0.3, -0.25) is 14.8 Å². The van der Waals surface area contributed by atoms with Gasteiger partial charge in [0.25, 0.3) is 5.91 Å². The van der Waals surface area contributed by atoms with E-state index in [1.807, 2.05) is 56.3 Å². The van der Waals surface area contributed by atoms with Gasteiger partial charge in [0.15, 0.2) is 0 Å². The molecule has 0 saturated heterocycles. The lowest BCUT2D eigenvalue weighted by atomic mass is 10.1. The summed E-state index contributed by atoms with van der Waals surface area (Å²) in [4.78, 5) is 21.2. The van der Waals surface area contributed by atoms with E-state index < -0.39 is 0 Å². The van der Waals surface area contributed by atoms with E-state index in [0.717, 1.165) is 28.5 Å². The highest BCUT2D eigenvalue weighted by atomic mass is 16.1. The van der Waals surface area contributed by atoms with Gasteiger partial charge in [-0.05, 0) is 42.5 Å². The Balaban J connectivity index is 1.83. The van der Waals surface area contributed by atoms with Crippen molar-refractivity contribution < 1.29 is 4.79 Å². The zero-order chi connectivity index (χ0) is 16.2. The summed E-state index contributed by atoms with van der Waals surface area (Å²) in [6.45, 7) is 4.05. The van der Waals surface area contributed by atoms with Crippen LogP contribution in [0.3, 0.4) is 0 Å². The van der Waals surface area contributed by atoms with Gasteiger partial charge in [0.1, 0.15) is 5.69 Å². The Kier molecular flexibility index (Phi) is 4.33. The Morgan fingerprint density at radius 2 is 1.91 bits per heavy atom. The quantitative estimate of drug-likeness (QED) is 0.797. The fraction of sp³-hybridized carbons (Fsp3) is 0.211. The summed E-state index contributed by atoms with van der Waals surface area (Å²) in [6, 6.07) is 13.5. The van der Waals surface area contributed by atoms with Crippen molar-refractivity contribution in [3.05, 3.63) is 71.8 Å². The van der Waals surface area contributed by atoms with Gasteiger partial charge >= 0.3 is 0 Å². The van der Waals surface area contributed by atoms with Crippen LogP contribution in [0.4, 0.5) is 0 Å². The number of amides is 1. The van der Waals surface area contributed by atoms with Crippen LogP contribution in [0, 0.1) is 6.92 Å². The van der Waals surface area contributed by atoms with Crippen LogP contribution < -0.4 is 5.32 Å². The Hall–Kier alpha value is -2.75. The lowest BCUT2D eigenvalue weighted by Gasteiger charge is -2.16. The van der Waals surface area contributed by atoms with Gasteiger partial charge in [0.05, 0.1) is 11.7 Å². The zero-order valence-corrected chi connectivity index (χ0v) is 13.3. The number of carbonyl (C=O) groups is 1. The highest BCUT2D eigenvalue weighted by Gasteiger charge is 2.16. The molecule has 0 unspecified atom stereocenters. The van der Waals surface area contributed by atoms with Crippen molar-refractivity contribution in [1.29, 1.82) is 0 Å². The lowest BCUT2D eigenvalue weighted by Crippen LogP contribution is -2.29. The van der Waals surface area contributed by atoms with Gasteiger partial charge < -0.3 is 5.32 Å². The zero-order valence-electron chi connectivity index (χ0n) is 13.3. The smallest absolute Gasteiger partial charge is 0.270 e. The highest BCUT2D eigenvalue weighted by Crippen LogP contribution is 2.17. The third-order valence-corrected chi connectivity index (χ3v) is 3.87. The molecule has 2 heterocycles. The van der Waals surface area contributed by atoms with Gasteiger partial charge in [0, 0.05) is 17.8 Å². The van der Waals surface area contributed by atoms with E-state index >= 15 is 0 Å². The molecule has 4 heteroatoms. The summed E-state index contributed by atoms with van der Waals surface area (Å²) in [5.41, 5.74) is 2.43. The molecule has 23 heavy (non-hydrogen) atoms. The SMILES string of the molecule is CC[C@H](NC(=O)c1cc2ccccc2cn1)c1cc(C)ccn1. The maximum Gasteiger partial charge on any atom is 0.270 e. The largest absolute Gasteiger partial charge is 0.342 e. The third kappa shape index (κ3) is 3.37. The van der Waals surface area contributed by atoms with Crippen LogP contribution in [-0.4, -0.2) is 15.9 Å². The average Bonchev–Trinajstić information content (AvgIpc) is 2.59. The third-order valence-electron chi connectivity index (χ3n) is 3.87. The van der Waals surface area contributed by atoms with Crippen LogP contribution in [0.2, 0.25) is 0 Å². The van der Waals surface area contributed by atoms with E-state index in [2.05, 4.69) is 15.3 Å². The van der Waals surface area contributed by atoms with E-state index in [9.17, 15) is 4.79 Å². The normalized spacial score (nSPS) is 12.1. The number of benzene rings is 1. The molecule has 1 N–H and O–H groups in total. The van der Waals surface area contributed by atoms with Crippen LogP contribution in [0.25, 0.3) is 10.8 Å². The van der Waals surface area contributed by atoms with Gasteiger partial charge in [-0.25, -0.2) is 0 Å². The van der Waals surface area contributed by atoms with E-state index in [1.54, 1.807) is 12.4 Å². The fourth-order valence-electron chi connectivity index (χ4n) is 2.58. The van der Waals surface area contributed by atoms with E-state index in [-0.39, 0.29) is 11.9 Å². The van der Waals surface area contributed by atoms with E-state index in [4.69, 9.17) is 0 Å². The molecule has 1 atom stereocenters. The molecule has 0 saturated carbocycles. The second-order valence-corrected chi connectivity index (χ2v) is 5.61. The second kappa shape index (κ2) is 6.57. The molecule has 0 spiro atoms. The second-order valence-electron chi connectivity index (χ2n) is 5.61. The predicted octanol–water partition coefficient (Wildman–Crippen LogP) is 3.82. The maximum atomic E-state index is 12.5. The lowest BCUT2D eigenvalue weighted by molar-refractivity contribution is 0.0930. The molecule has 4 nitrogen and oxygen atoms in total. The number of fused-ring (bicyclic) bond motifs is 1. The molecule has 2 aromatic heterocycles. The first-order valence-electron chi connectivity index (χ1n) is 7.75. The summed E-state index contributed by atoms with van der Waals surface area (Å²) < 4.78 is 0.